The molecule has 0 fully saturated rings. The molecule has 0 saturated heterocycles. The van der Waals surface area contributed by atoms with Crippen LogP contribution in [0.1, 0.15) is 50.7 Å². The van der Waals surface area contributed by atoms with E-state index < -0.39 is 0 Å². The average Bonchev–Trinajstić information content (AvgIpc) is 3.56. The van der Waals surface area contributed by atoms with Gasteiger partial charge in [-0.1, -0.05) is 87.4 Å². The van der Waals surface area contributed by atoms with Crippen molar-refractivity contribution in [3.63, 3.8) is 0 Å². The minimum Gasteiger partial charge on any atom is -0.225 e. The summed E-state index contributed by atoms with van der Waals surface area (Å²) in [6.07, 6.45) is 7.07. The van der Waals surface area contributed by atoms with E-state index in [4.69, 9.17) is 0 Å². The molecule has 5 aromatic carbocycles. The largest absolute Gasteiger partial charge is 0.294 e. The first-order valence-corrected chi connectivity index (χ1v) is 16.9. The molecule has 0 radical (unpaired) electrons. The molecule has 0 amide bonds. The van der Waals surface area contributed by atoms with Gasteiger partial charge in [0, 0.05) is 12.1 Å². The highest BCUT2D eigenvalue weighted by molar-refractivity contribution is 5.93. The molecule has 0 bridgehead atoms. The summed E-state index contributed by atoms with van der Waals surface area (Å²) in [5, 5.41) is 0. The van der Waals surface area contributed by atoms with Gasteiger partial charge < -0.3 is 0 Å². The number of hydrogen-bond donors (Lipinski definition) is 0. The van der Waals surface area contributed by atoms with Gasteiger partial charge >= 0.3 is 0 Å². The minimum absolute atomic E-state index is 1.12. The maximum atomic E-state index is 2.45. The van der Waals surface area contributed by atoms with E-state index in [1.807, 2.05) is 0 Å². The number of fused-ring (bicyclic) bond motifs is 2. The number of nitrogens with zero attached hydrogens (tertiary/aromatic N) is 4. The molecule has 2 heterocycles. The fourth-order valence-corrected chi connectivity index (χ4v) is 6.93. The number of aryl methyl sites for hydroxylation is 4. The molecule has 0 spiro atoms. The van der Waals surface area contributed by atoms with E-state index in [0.717, 1.165) is 12.8 Å². The first-order valence-electron chi connectivity index (χ1n) is 16.9. The highest BCUT2D eigenvalue weighted by atomic mass is 15.2. The van der Waals surface area contributed by atoms with Gasteiger partial charge in [0.25, 0.3) is 11.6 Å². The van der Waals surface area contributed by atoms with Gasteiger partial charge in [-0.05, 0) is 85.3 Å². The lowest BCUT2D eigenvalue weighted by Crippen LogP contribution is -2.32. The van der Waals surface area contributed by atoms with Gasteiger partial charge in [-0.3, -0.25) is 0 Å². The first kappa shape index (κ1) is 29.7. The maximum absolute atomic E-state index is 2.45. The second-order valence-electron chi connectivity index (χ2n) is 12.5. The Morgan fingerprint density at radius 2 is 0.870 bits per heavy atom. The fraction of sp³-hybridized carbons (Fsp3) is 0.238. The van der Waals surface area contributed by atoms with Crippen LogP contribution in [0.15, 0.2) is 121 Å². The smallest absolute Gasteiger partial charge is 0.225 e. The summed E-state index contributed by atoms with van der Waals surface area (Å²) in [5.74, 6) is 2.34. The van der Waals surface area contributed by atoms with Crippen LogP contribution in [0, 0.1) is 0 Å². The maximum Gasteiger partial charge on any atom is 0.294 e. The lowest BCUT2D eigenvalue weighted by atomic mass is 10.1. The molecular weight excluding hydrogens is 560 g/mol. The summed E-state index contributed by atoms with van der Waals surface area (Å²) in [7, 11) is 4.40. The SMILES string of the molecule is CCCCc1ccc(-n2c(-c3ccccc3)[n+](C)c3cc4c(cc32)n(-c2ccc(CCCC)cc2)c(-c2ccccc2)[n+]4C)cc1. The van der Waals surface area contributed by atoms with Gasteiger partial charge in [-0.2, -0.15) is 9.13 Å². The Balaban J connectivity index is 1.52. The van der Waals surface area contributed by atoms with Crippen LogP contribution >= 0.6 is 0 Å². The van der Waals surface area contributed by atoms with E-state index in [1.165, 1.54) is 93.0 Å². The van der Waals surface area contributed by atoms with Crippen molar-refractivity contribution in [1.82, 2.24) is 9.13 Å². The number of benzene rings is 5. The Kier molecular flexibility index (Phi) is 8.28. The molecule has 4 nitrogen and oxygen atoms in total. The van der Waals surface area contributed by atoms with Crippen molar-refractivity contribution in [1.29, 1.82) is 0 Å². The third-order valence-electron chi connectivity index (χ3n) is 9.43. The molecule has 7 aromatic rings. The summed E-state index contributed by atoms with van der Waals surface area (Å²) >= 11 is 0. The number of hydrogen-bond acceptors (Lipinski definition) is 0. The minimum atomic E-state index is 1.12. The van der Waals surface area contributed by atoms with E-state index in [2.05, 4.69) is 168 Å². The highest BCUT2D eigenvalue weighted by Crippen LogP contribution is 2.33. The molecule has 230 valence electrons. The predicted molar refractivity (Wildman–Crippen MR) is 191 cm³/mol. The van der Waals surface area contributed by atoms with Gasteiger partial charge in [0.2, 0.25) is 0 Å². The molecule has 0 N–H and O–H groups in total. The van der Waals surface area contributed by atoms with Crippen LogP contribution in [-0.4, -0.2) is 9.13 Å². The van der Waals surface area contributed by atoms with Crippen LogP contribution in [0.4, 0.5) is 0 Å². The third-order valence-corrected chi connectivity index (χ3v) is 9.43. The molecule has 0 aliphatic carbocycles. The summed E-state index contributed by atoms with van der Waals surface area (Å²) in [5.41, 5.74) is 12.3. The molecule has 0 aliphatic rings. The fourth-order valence-electron chi connectivity index (χ4n) is 6.93. The van der Waals surface area contributed by atoms with Gasteiger partial charge in [-0.15, -0.1) is 0 Å². The molecule has 0 saturated carbocycles. The van der Waals surface area contributed by atoms with E-state index in [9.17, 15) is 0 Å². The van der Waals surface area contributed by atoms with Crippen LogP contribution in [0.25, 0.3) is 56.2 Å². The van der Waals surface area contributed by atoms with Gasteiger partial charge in [0.15, 0.2) is 22.1 Å². The topological polar surface area (TPSA) is 17.6 Å². The Morgan fingerprint density at radius 3 is 1.24 bits per heavy atom. The van der Waals surface area contributed by atoms with Crippen molar-refractivity contribution in [2.24, 2.45) is 14.1 Å². The lowest BCUT2D eigenvalue weighted by Gasteiger charge is -2.06. The second kappa shape index (κ2) is 12.8. The number of rotatable bonds is 10. The number of aromatic nitrogens is 4. The summed E-state index contributed by atoms with van der Waals surface area (Å²) < 4.78 is 9.61. The van der Waals surface area contributed by atoms with Crippen molar-refractivity contribution >= 4 is 22.1 Å². The predicted octanol–water partition coefficient (Wildman–Crippen LogP) is 9.24. The molecule has 7 rings (SSSR count). The van der Waals surface area contributed by atoms with E-state index in [-0.39, 0.29) is 0 Å². The Hall–Kier alpha value is -4.96. The zero-order chi connectivity index (χ0) is 31.6. The van der Waals surface area contributed by atoms with Crippen molar-refractivity contribution in [3.8, 4) is 34.2 Å². The van der Waals surface area contributed by atoms with Crippen molar-refractivity contribution in [3.05, 3.63) is 132 Å². The number of unbranched alkanes of at least 4 members (excludes halogenated alkanes) is 2. The normalized spacial score (nSPS) is 11.6. The lowest BCUT2D eigenvalue weighted by molar-refractivity contribution is -0.637. The van der Waals surface area contributed by atoms with Crippen LogP contribution in [0.3, 0.4) is 0 Å². The van der Waals surface area contributed by atoms with E-state index >= 15 is 0 Å². The zero-order valence-corrected chi connectivity index (χ0v) is 27.6. The molecule has 0 unspecified atom stereocenters. The Labute approximate surface area is 272 Å². The van der Waals surface area contributed by atoms with Crippen molar-refractivity contribution in [2.75, 3.05) is 0 Å². The Bertz CT molecular complexity index is 1950. The summed E-state index contributed by atoms with van der Waals surface area (Å²) in [4.78, 5) is 0. The monoisotopic (exact) mass is 604 g/mol. The first-order chi connectivity index (χ1) is 22.6. The summed E-state index contributed by atoms with van der Waals surface area (Å²) in [6, 6.07) is 44.8. The van der Waals surface area contributed by atoms with Crippen molar-refractivity contribution < 1.29 is 9.13 Å². The van der Waals surface area contributed by atoms with Crippen LogP contribution in [0.2, 0.25) is 0 Å². The molecule has 2 aromatic heterocycles. The van der Waals surface area contributed by atoms with Crippen LogP contribution < -0.4 is 9.13 Å². The average molecular weight is 605 g/mol. The molecule has 4 heteroatoms. The van der Waals surface area contributed by atoms with Gasteiger partial charge in [0.1, 0.15) is 11.4 Å². The quantitative estimate of drug-likeness (QED) is 0.139. The number of imidazole rings is 2. The third kappa shape index (κ3) is 5.32. The molecule has 0 atom stereocenters. The molecular formula is C42H44N4+2. The van der Waals surface area contributed by atoms with E-state index in [0.29, 0.717) is 0 Å². The second-order valence-corrected chi connectivity index (χ2v) is 12.5. The molecule has 0 aliphatic heterocycles. The summed E-state index contributed by atoms with van der Waals surface area (Å²) in [6.45, 7) is 4.51. The standard InChI is InChI=1S/C42H44N4/c1-5-7-15-31-21-25-35(26-22-31)45-39-30-40-38(29-37(39)43(3)41(45)33-17-11-9-12-18-33)44(4)42(34-19-13-10-14-20-34)46(40)36-27-23-32(24-28-36)16-8-6-2/h9-14,17-30H,5-8,15-16H2,1-4H3/q+2. The van der Waals surface area contributed by atoms with Crippen molar-refractivity contribution in [2.45, 2.75) is 52.4 Å². The Morgan fingerprint density at radius 1 is 0.478 bits per heavy atom. The van der Waals surface area contributed by atoms with Crippen LogP contribution in [-0.2, 0) is 26.9 Å². The highest BCUT2D eigenvalue weighted by Gasteiger charge is 2.32. The van der Waals surface area contributed by atoms with Crippen LogP contribution in [0.5, 0.6) is 0 Å². The molecule has 46 heavy (non-hydrogen) atoms. The van der Waals surface area contributed by atoms with Gasteiger partial charge in [-0.25, -0.2) is 9.13 Å². The van der Waals surface area contributed by atoms with Gasteiger partial charge in [0.05, 0.1) is 25.2 Å². The zero-order valence-electron chi connectivity index (χ0n) is 27.6. The van der Waals surface area contributed by atoms with E-state index in [1.54, 1.807) is 0 Å².